The second-order valence-electron chi connectivity index (χ2n) is 4.50. The molecule has 2 nitrogen and oxygen atoms in total. The fraction of sp³-hybridized carbons (Fsp3) is 0.250. The van der Waals surface area contributed by atoms with E-state index < -0.39 is 0 Å². The van der Waals surface area contributed by atoms with E-state index in [-0.39, 0.29) is 11.9 Å². The molecule has 0 fully saturated rings. The van der Waals surface area contributed by atoms with E-state index in [9.17, 15) is 4.39 Å². The molecule has 2 rings (SSSR count). The van der Waals surface area contributed by atoms with Crippen LogP contribution < -0.4 is 10.6 Å². The number of hydrogen-bond donors (Lipinski definition) is 1. The minimum atomic E-state index is -0.332. The molecule has 1 unspecified atom stereocenters. The molecule has 1 atom stereocenters. The lowest BCUT2D eigenvalue weighted by Gasteiger charge is -2.26. The number of rotatable bonds is 5. The van der Waals surface area contributed by atoms with Crippen molar-refractivity contribution in [1.29, 1.82) is 0 Å². The van der Waals surface area contributed by atoms with Crippen LogP contribution in [0.5, 0.6) is 0 Å². The first kappa shape index (κ1) is 13.6. The molecule has 19 heavy (non-hydrogen) atoms. The molecule has 2 aromatic rings. The van der Waals surface area contributed by atoms with Gasteiger partial charge in [-0.15, -0.1) is 0 Å². The van der Waals surface area contributed by atoms with Crippen LogP contribution in [0.25, 0.3) is 0 Å². The van der Waals surface area contributed by atoms with Crippen molar-refractivity contribution in [3.8, 4) is 0 Å². The Morgan fingerprint density at radius 2 is 1.68 bits per heavy atom. The second kappa shape index (κ2) is 6.34. The minimum Gasteiger partial charge on any atom is -0.370 e. The van der Waals surface area contributed by atoms with Crippen molar-refractivity contribution in [2.24, 2.45) is 5.73 Å². The molecule has 2 aromatic carbocycles. The van der Waals surface area contributed by atoms with Gasteiger partial charge in [0.15, 0.2) is 0 Å². The van der Waals surface area contributed by atoms with Gasteiger partial charge in [-0.1, -0.05) is 36.4 Å². The van der Waals surface area contributed by atoms with Gasteiger partial charge in [0, 0.05) is 24.3 Å². The maximum Gasteiger partial charge on any atom is 0.128 e. The number of halogens is 1. The van der Waals surface area contributed by atoms with Crippen molar-refractivity contribution >= 4 is 5.69 Å². The van der Waals surface area contributed by atoms with Crippen LogP contribution in [0.1, 0.15) is 18.5 Å². The standard InChI is InChI=1S/C16H19FN2/c1-2-19(13-8-4-3-5-9-13)12-16(18)14-10-6-7-11-15(14)17/h3-11,16H,2,12,18H2,1H3. The Bertz CT molecular complexity index is 513. The third-order valence-corrected chi connectivity index (χ3v) is 3.22. The molecule has 0 bridgehead atoms. The third-order valence-electron chi connectivity index (χ3n) is 3.22. The zero-order chi connectivity index (χ0) is 13.7. The van der Waals surface area contributed by atoms with Crippen LogP contribution in [-0.4, -0.2) is 13.1 Å². The van der Waals surface area contributed by atoms with Gasteiger partial charge in [0.05, 0.1) is 6.04 Å². The molecule has 2 N–H and O–H groups in total. The van der Waals surface area contributed by atoms with E-state index in [2.05, 4.69) is 11.8 Å². The van der Waals surface area contributed by atoms with Gasteiger partial charge in [0.25, 0.3) is 0 Å². The number of benzene rings is 2. The fourth-order valence-electron chi connectivity index (χ4n) is 2.17. The maximum atomic E-state index is 13.7. The average molecular weight is 258 g/mol. The zero-order valence-corrected chi connectivity index (χ0v) is 11.1. The van der Waals surface area contributed by atoms with Crippen molar-refractivity contribution in [3.05, 3.63) is 66.0 Å². The van der Waals surface area contributed by atoms with Gasteiger partial charge >= 0.3 is 0 Å². The normalized spacial score (nSPS) is 12.2. The SMILES string of the molecule is CCN(CC(N)c1ccccc1F)c1ccccc1. The van der Waals surface area contributed by atoms with Crippen LogP contribution in [0.15, 0.2) is 54.6 Å². The number of hydrogen-bond acceptors (Lipinski definition) is 2. The minimum absolute atomic E-state index is 0.237. The van der Waals surface area contributed by atoms with E-state index in [1.807, 2.05) is 36.4 Å². The van der Waals surface area contributed by atoms with E-state index in [1.165, 1.54) is 6.07 Å². The lowest BCUT2D eigenvalue weighted by atomic mass is 10.1. The monoisotopic (exact) mass is 258 g/mol. The van der Waals surface area contributed by atoms with Crippen molar-refractivity contribution in [1.82, 2.24) is 0 Å². The summed E-state index contributed by atoms with van der Waals surface area (Å²) in [5.74, 6) is -0.237. The highest BCUT2D eigenvalue weighted by Gasteiger charge is 2.14. The van der Waals surface area contributed by atoms with Crippen molar-refractivity contribution in [2.75, 3.05) is 18.0 Å². The summed E-state index contributed by atoms with van der Waals surface area (Å²) in [7, 11) is 0. The van der Waals surface area contributed by atoms with Gasteiger partial charge in [0.1, 0.15) is 5.82 Å². The quantitative estimate of drug-likeness (QED) is 0.891. The molecule has 3 heteroatoms. The van der Waals surface area contributed by atoms with Crippen LogP contribution in [0.4, 0.5) is 10.1 Å². The average Bonchev–Trinajstić information content (AvgIpc) is 2.46. The number of nitrogens with zero attached hydrogens (tertiary/aromatic N) is 1. The molecule has 0 aromatic heterocycles. The van der Waals surface area contributed by atoms with Crippen LogP contribution in [0, 0.1) is 5.82 Å². The Balaban J connectivity index is 2.13. The van der Waals surface area contributed by atoms with Gasteiger partial charge in [-0.25, -0.2) is 4.39 Å². The van der Waals surface area contributed by atoms with Gasteiger partial charge < -0.3 is 10.6 Å². The predicted molar refractivity (Wildman–Crippen MR) is 77.7 cm³/mol. The molecule has 0 aliphatic heterocycles. The predicted octanol–water partition coefficient (Wildman–Crippen LogP) is 3.35. The Kier molecular flexibility index (Phi) is 4.53. The van der Waals surface area contributed by atoms with Crippen LogP contribution in [0.2, 0.25) is 0 Å². The molecule has 0 radical (unpaired) electrons. The Morgan fingerprint density at radius 1 is 1.05 bits per heavy atom. The second-order valence-corrected chi connectivity index (χ2v) is 4.50. The van der Waals surface area contributed by atoms with Gasteiger partial charge in [-0.3, -0.25) is 0 Å². The summed E-state index contributed by atoms with van der Waals surface area (Å²) in [5.41, 5.74) is 7.80. The Labute approximate surface area is 113 Å². The Hall–Kier alpha value is -1.87. The third kappa shape index (κ3) is 3.32. The number of likely N-dealkylation sites (N-methyl/N-ethyl adjacent to an activating group) is 1. The highest BCUT2D eigenvalue weighted by atomic mass is 19.1. The molecule has 0 amide bonds. The van der Waals surface area contributed by atoms with Gasteiger partial charge in [0.2, 0.25) is 0 Å². The van der Waals surface area contributed by atoms with Crippen molar-refractivity contribution in [3.63, 3.8) is 0 Å². The number of anilines is 1. The summed E-state index contributed by atoms with van der Waals surface area (Å²) in [4.78, 5) is 2.15. The molecule has 0 spiro atoms. The number of nitrogens with two attached hydrogens (primary N) is 1. The first-order valence-corrected chi connectivity index (χ1v) is 6.52. The molecule has 100 valence electrons. The molecule has 0 aliphatic carbocycles. The van der Waals surface area contributed by atoms with Crippen LogP contribution in [0.3, 0.4) is 0 Å². The largest absolute Gasteiger partial charge is 0.370 e. The summed E-state index contributed by atoms with van der Waals surface area (Å²) in [6, 6.07) is 16.4. The topological polar surface area (TPSA) is 29.3 Å². The zero-order valence-electron chi connectivity index (χ0n) is 11.1. The summed E-state index contributed by atoms with van der Waals surface area (Å²) >= 11 is 0. The number of para-hydroxylation sites is 1. The highest BCUT2D eigenvalue weighted by Crippen LogP contribution is 2.19. The lowest BCUT2D eigenvalue weighted by Crippen LogP contribution is -2.32. The van der Waals surface area contributed by atoms with E-state index in [4.69, 9.17) is 5.73 Å². The molecular weight excluding hydrogens is 239 g/mol. The fourth-order valence-corrected chi connectivity index (χ4v) is 2.17. The first-order chi connectivity index (χ1) is 9.22. The molecule has 0 saturated heterocycles. The van der Waals surface area contributed by atoms with Crippen LogP contribution >= 0.6 is 0 Å². The Morgan fingerprint density at radius 3 is 2.32 bits per heavy atom. The summed E-state index contributed by atoms with van der Waals surface area (Å²) in [6.07, 6.45) is 0. The van der Waals surface area contributed by atoms with Crippen molar-refractivity contribution < 1.29 is 4.39 Å². The van der Waals surface area contributed by atoms with Gasteiger partial charge in [-0.2, -0.15) is 0 Å². The van der Waals surface area contributed by atoms with E-state index in [0.29, 0.717) is 12.1 Å². The van der Waals surface area contributed by atoms with Crippen LogP contribution in [-0.2, 0) is 0 Å². The summed E-state index contributed by atoms with van der Waals surface area (Å²) in [6.45, 7) is 3.51. The maximum absolute atomic E-state index is 13.7. The molecule has 0 aliphatic rings. The summed E-state index contributed by atoms with van der Waals surface area (Å²) < 4.78 is 13.7. The first-order valence-electron chi connectivity index (χ1n) is 6.52. The van der Waals surface area contributed by atoms with Gasteiger partial charge in [-0.05, 0) is 25.1 Å². The lowest BCUT2D eigenvalue weighted by molar-refractivity contribution is 0.575. The molecule has 0 saturated carbocycles. The smallest absolute Gasteiger partial charge is 0.128 e. The van der Waals surface area contributed by atoms with E-state index >= 15 is 0 Å². The summed E-state index contributed by atoms with van der Waals surface area (Å²) in [5, 5.41) is 0. The van der Waals surface area contributed by atoms with E-state index in [0.717, 1.165) is 12.2 Å². The molecule has 0 heterocycles. The van der Waals surface area contributed by atoms with E-state index in [1.54, 1.807) is 12.1 Å². The highest BCUT2D eigenvalue weighted by molar-refractivity contribution is 5.46. The molecular formula is C16H19FN2. The van der Waals surface area contributed by atoms with Crippen molar-refractivity contribution in [2.45, 2.75) is 13.0 Å².